The van der Waals surface area contributed by atoms with E-state index in [1.165, 1.54) is 0 Å². The molecule has 1 N–H and O–H groups in total. The SMILES string of the molecule is CC(C)N(CCC(O)c1cc(F)cc(F)c1)CC(F)(F)F. The molecule has 1 aromatic rings. The molecule has 0 fully saturated rings. The van der Waals surface area contributed by atoms with Crippen molar-refractivity contribution < 1.29 is 27.1 Å². The van der Waals surface area contributed by atoms with Crippen molar-refractivity contribution in [2.75, 3.05) is 13.1 Å². The molecule has 0 aliphatic heterocycles. The number of hydrogen-bond donors (Lipinski definition) is 1. The largest absolute Gasteiger partial charge is 0.401 e. The molecule has 0 radical (unpaired) electrons. The second kappa shape index (κ2) is 7.17. The summed E-state index contributed by atoms with van der Waals surface area (Å²) in [6.45, 7) is 2.10. The van der Waals surface area contributed by atoms with Crippen molar-refractivity contribution in [3.63, 3.8) is 0 Å². The number of hydrogen-bond acceptors (Lipinski definition) is 2. The Bertz CT molecular complexity index is 441. The molecule has 0 saturated carbocycles. The van der Waals surface area contributed by atoms with Crippen LogP contribution in [0.3, 0.4) is 0 Å². The third-order valence-electron chi connectivity index (χ3n) is 3.07. The topological polar surface area (TPSA) is 23.5 Å². The molecule has 120 valence electrons. The molecule has 2 nitrogen and oxygen atoms in total. The van der Waals surface area contributed by atoms with Gasteiger partial charge in [0, 0.05) is 18.7 Å². The van der Waals surface area contributed by atoms with E-state index in [4.69, 9.17) is 0 Å². The zero-order valence-corrected chi connectivity index (χ0v) is 11.8. The molecule has 1 unspecified atom stereocenters. The number of rotatable bonds is 6. The highest BCUT2D eigenvalue weighted by Gasteiger charge is 2.31. The lowest BCUT2D eigenvalue weighted by Gasteiger charge is -2.28. The van der Waals surface area contributed by atoms with E-state index >= 15 is 0 Å². The van der Waals surface area contributed by atoms with Crippen LogP contribution in [0.1, 0.15) is 31.9 Å². The van der Waals surface area contributed by atoms with Crippen LogP contribution in [-0.4, -0.2) is 35.3 Å². The fourth-order valence-corrected chi connectivity index (χ4v) is 1.97. The van der Waals surface area contributed by atoms with Gasteiger partial charge in [-0.1, -0.05) is 0 Å². The summed E-state index contributed by atoms with van der Waals surface area (Å²) in [5.41, 5.74) is 0.0169. The lowest BCUT2D eigenvalue weighted by molar-refractivity contribution is -0.150. The van der Waals surface area contributed by atoms with Gasteiger partial charge in [0.05, 0.1) is 12.6 Å². The Labute approximate surface area is 120 Å². The second-order valence-electron chi connectivity index (χ2n) is 5.19. The molecule has 1 aromatic carbocycles. The highest BCUT2D eigenvalue weighted by molar-refractivity contribution is 5.20. The third-order valence-corrected chi connectivity index (χ3v) is 3.07. The molecular formula is C14H18F5NO. The molecule has 0 heterocycles. The highest BCUT2D eigenvalue weighted by Crippen LogP contribution is 2.22. The summed E-state index contributed by atoms with van der Waals surface area (Å²) in [7, 11) is 0. The monoisotopic (exact) mass is 311 g/mol. The zero-order valence-electron chi connectivity index (χ0n) is 11.8. The van der Waals surface area contributed by atoms with E-state index in [0.29, 0.717) is 6.07 Å². The third kappa shape index (κ3) is 6.39. The van der Waals surface area contributed by atoms with Crippen LogP contribution in [0.25, 0.3) is 0 Å². The summed E-state index contributed by atoms with van der Waals surface area (Å²) in [6, 6.07) is 2.25. The quantitative estimate of drug-likeness (QED) is 0.811. The van der Waals surface area contributed by atoms with Gasteiger partial charge in [-0.25, -0.2) is 8.78 Å². The zero-order chi connectivity index (χ0) is 16.2. The lowest BCUT2D eigenvalue weighted by atomic mass is 10.1. The first-order chi connectivity index (χ1) is 9.58. The Morgan fingerprint density at radius 1 is 1.10 bits per heavy atom. The van der Waals surface area contributed by atoms with Crippen LogP contribution in [0.2, 0.25) is 0 Å². The van der Waals surface area contributed by atoms with Crippen LogP contribution in [0.5, 0.6) is 0 Å². The van der Waals surface area contributed by atoms with Crippen LogP contribution in [0.4, 0.5) is 22.0 Å². The standard InChI is InChI=1S/C14H18F5NO/c1-9(2)20(8-14(17,18)19)4-3-13(21)10-5-11(15)7-12(16)6-10/h5-7,9,13,21H,3-4,8H2,1-2H3. The van der Waals surface area contributed by atoms with Crippen LogP contribution < -0.4 is 0 Å². The summed E-state index contributed by atoms with van der Waals surface area (Å²) in [5, 5.41) is 9.86. The van der Waals surface area contributed by atoms with Gasteiger partial charge in [0.2, 0.25) is 0 Å². The average molecular weight is 311 g/mol. The molecule has 0 aliphatic rings. The predicted octanol–water partition coefficient (Wildman–Crippen LogP) is 3.66. The maximum absolute atomic E-state index is 13.0. The van der Waals surface area contributed by atoms with Crippen molar-refractivity contribution in [1.29, 1.82) is 0 Å². The van der Waals surface area contributed by atoms with Gasteiger partial charge >= 0.3 is 6.18 Å². The van der Waals surface area contributed by atoms with Crippen LogP contribution in [-0.2, 0) is 0 Å². The van der Waals surface area contributed by atoms with Crippen molar-refractivity contribution in [2.24, 2.45) is 0 Å². The fourth-order valence-electron chi connectivity index (χ4n) is 1.97. The van der Waals surface area contributed by atoms with Gasteiger partial charge in [0.25, 0.3) is 0 Å². The van der Waals surface area contributed by atoms with Crippen molar-refractivity contribution in [3.05, 3.63) is 35.4 Å². The van der Waals surface area contributed by atoms with E-state index in [2.05, 4.69) is 0 Å². The average Bonchev–Trinajstić information content (AvgIpc) is 2.31. The van der Waals surface area contributed by atoms with Gasteiger partial charge in [-0.15, -0.1) is 0 Å². The molecule has 0 bridgehead atoms. The molecule has 0 amide bonds. The number of benzene rings is 1. The first kappa shape index (κ1) is 17.8. The van der Waals surface area contributed by atoms with Crippen LogP contribution in [0.15, 0.2) is 18.2 Å². The fraction of sp³-hybridized carbons (Fsp3) is 0.571. The smallest absolute Gasteiger partial charge is 0.388 e. The van der Waals surface area contributed by atoms with Gasteiger partial charge in [-0.2, -0.15) is 13.2 Å². The molecule has 0 saturated heterocycles. The van der Waals surface area contributed by atoms with E-state index < -0.39 is 30.5 Å². The minimum Gasteiger partial charge on any atom is -0.388 e. The highest BCUT2D eigenvalue weighted by atomic mass is 19.4. The second-order valence-corrected chi connectivity index (χ2v) is 5.19. The van der Waals surface area contributed by atoms with Gasteiger partial charge in [0.15, 0.2) is 0 Å². The lowest BCUT2D eigenvalue weighted by Crippen LogP contribution is -2.40. The summed E-state index contributed by atoms with van der Waals surface area (Å²) in [5.74, 6) is -1.67. The van der Waals surface area contributed by atoms with Gasteiger partial charge in [-0.3, -0.25) is 4.90 Å². The predicted molar refractivity (Wildman–Crippen MR) is 68.7 cm³/mol. The molecule has 1 rings (SSSR count). The maximum Gasteiger partial charge on any atom is 0.401 e. The summed E-state index contributed by atoms with van der Waals surface area (Å²) < 4.78 is 63.3. The summed E-state index contributed by atoms with van der Waals surface area (Å²) in [4.78, 5) is 1.15. The van der Waals surface area contributed by atoms with Crippen molar-refractivity contribution in [2.45, 2.75) is 38.6 Å². The Morgan fingerprint density at radius 2 is 1.62 bits per heavy atom. The minimum absolute atomic E-state index is 0.0169. The molecule has 0 aromatic heterocycles. The van der Waals surface area contributed by atoms with Gasteiger partial charge in [-0.05, 0) is 38.0 Å². The number of aliphatic hydroxyl groups is 1. The number of nitrogens with zero attached hydrogens (tertiary/aromatic N) is 1. The number of alkyl halides is 3. The summed E-state index contributed by atoms with van der Waals surface area (Å²) in [6.07, 6.45) is -5.60. The molecule has 21 heavy (non-hydrogen) atoms. The molecule has 0 aliphatic carbocycles. The van der Waals surface area contributed by atoms with Crippen molar-refractivity contribution >= 4 is 0 Å². The van der Waals surface area contributed by atoms with Gasteiger partial charge < -0.3 is 5.11 Å². The van der Waals surface area contributed by atoms with E-state index in [0.717, 1.165) is 17.0 Å². The van der Waals surface area contributed by atoms with E-state index in [-0.39, 0.29) is 24.6 Å². The maximum atomic E-state index is 13.0. The van der Waals surface area contributed by atoms with E-state index in [9.17, 15) is 27.1 Å². The Kier molecular flexibility index (Phi) is 6.10. The van der Waals surface area contributed by atoms with Crippen molar-refractivity contribution in [3.8, 4) is 0 Å². The first-order valence-corrected chi connectivity index (χ1v) is 6.53. The van der Waals surface area contributed by atoms with Gasteiger partial charge in [0.1, 0.15) is 11.6 Å². The van der Waals surface area contributed by atoms with E-state index in [1.807, 2.05) is 0 Å². The number of halogens is 5. The normalized spacial score (nSPS) is 14.0. The Morgan fingerprint density at radius 3 is 2.05 bits per heavy atom. The number of aliphatic hydroxyl groups excluding tert-OH is 1. The minimum atomic E-state index is -4.33. The molecule has 7 heteroatoms. The first-order valence-electron chi connectivity index (χ1n) is 6.53. The molecule has 1 atom stereocenters. The molecule has 0 spiro atoms. The van der Waals surface area contributed by atoms with Crippen molar-refractivity contribution in [1.82, 2.24) is 4.90 Å². The summed E-state index contributed by atoms with van der Waals surface area (Å²) >= 11 is 0. The Hall–Kier alpha value is -1.21. The van der Waals surface area contributed by atoms with Crippen LogP contribution in [0, 0.1) is 11.6 Å². The molecular weight excluding hydrogens is 293 g/mol. The van der Waals surface area contributed by atoms with Crippen LogP contribution >= 0.6 is 0 Å². The Balaban J connectivity index is 2.66. The van der Waals surface area contributed by atoms with E-state index in [1.54, 1.807) is 13.8 Å².